The molecule has 90 valence electrons. The smallest absolute Gasteiger partial charge is 0.325 e. The van der Waals surface area contributed by atoms with Crippen molar-refractivity contribution in [1.82, 2.24) is 0 Å². The number of nitrogens with two attached hydrogens (primary N) is 1. The Labute approximate surface area is 90.5 Å². The largest absolute Gasteiger partial charge is 0.462 e. The Morgan fingerprint density at radius 1 is 1.40 bits per heavy atom. The second-order valence-corrected chi connectivity index (χ2v) is 3.40. The van der Waals surface area contributed by atoms with Gasteiger partial charge in [-0.25, -0.2) is 0 Å². The Bertz CT molecular complexity index is 173. The number of unbranched alkanes of at least 4 members (excludes halogenated alkanes) is 1. The summed E-state index contributed by atoms with van der Waals surface area (Å²) in [5, 5.41) is 9.01. The minimum absolute atomic E-state index is 0.183. The molecule has 5 heteroatoms. The van der Waals surface area contributed by atoms with E-state index in [1.54, 1.807) is 0 Å². The van der Waals surface area contributed by atoms with Crippen LogP contribution in [0.3, 0.4) is 0 Å². The van der Waals surface area contributed by atoms with Gasteiger partial charge < -0.3 is 20.3 Å². The number of aliphatic hydroxyl groups excluding tert-OH is 1. The van der Waals surface area contributed by atoms with Gasteiger partial charge in [0.1, 0.15) is 12.6 Å². The average molecular weight is 219 g/mol. The third kappa shape index (κ3) is 7.30. The minimum atomic E-state index is -0.972. The predicted octanol–water partition coefficient (Wildman–Crippen LogP) is 0.0544. The molecular weight excluding hydrogens is 198 g/mol. The second kappa shape index (κ2) is 8.64. The summed E-state index contributed by atoms with van der Waals surface area (Å²) in [4.78, 5) is 11.1. The summed E-state index contributed by atoms with van der Waals surface area (Å²) in [7, 11) is 0. The van der Waals surface area contributed by atoms with E-state index in [2.05, 4.69) is 6.92 Å². The maximum Gasteiger partial charge on any atom is 0.325 e. The van der Waals surface area contributed by atoms with Gasteiger partial charge in [0.15, 0.2) is 0 Å². The van der Waals surface area contributed by atoms with Crippen molar-refractivity contribution in [1.29, 1.82) is 0 Å². The van der Waals surface area contributed by atoms with Crippen molar-refractivity contribution < 1.29 is 19.4 Å². The Morgan fingerprint density at radius 3 is 2.60 bits per heavy atom. The molecule has 0 aromatic heterocycles. The van der Waals surface area contributed by atoms with Gasteiger partial charge in [-0.15, -0.1) is 0 Å². The monoisotopic (exact) mass is 219 g/mol. The lowest BCUT2D eigenvalue weighted by Gasteiger charge is -2.13. The maximum atomic E-state index is 11.1. The van der Waals surface area contributed by atoms with E-state index in [0.29, 0.717) is 13.2 Å². The summed E-state index contributed by atoms with van der Waals surface area (Å²) in [5.41, 5.74) is 5.36. The van der Waals surface area contributed by atoms with Gasteiger partial charge in [-0.05, 0) is 13.3 Å². The van der Waals surface area contributed by atoms with Crippen LogP contribution in [0.5, 0.6) is 0 Å². The van der Waals surface area contributed by atoms with Crippen LogP contribution in [0, 0.1) is 0 Å². The molecule has 0 aromatic rings. The van der Waals surface area contributed by atoms with Crippen LogP contribution in [0.15, 0.2) is 0 Å². The van der Waals surface area contributed by atoms with Gasteiger partial charge in [0.05, 0.1) is 12.7 Å². The fourth-order valence-electron chi connectivity index (χ4n) is 0.843. The molecule has 0 amide bonds. The van der Waals surface area contributed by atoms with E-state index in [0.717, 1.165) is 12.8 Å². The molecule has 0 aliphatic heterocycles. The number of esters is 1. The lowest BCUT2D eigenvalue weighted by molar-refractivity contribution is -0.149. The van der Waals surface area contributed by atoms with E-state index < -0.39 is 18.1 Å². The van der Waals surface area contributed by atoms with Crippen molar-refractivity contribution in [2.75, 3.05) is 19.8 Å². The van der Waals surface area contributed by atoms with E-state index in [4.69, 9.17) is 20.3 Å². The molecule has 0 aromatic carbocycles. The fraction of sp³-hybridized carbons (Fsp3) is 0.900. The first kappa shape index (κ1) is 14.3. The van der Waals surface area contributed by atoms with Crippen molar-refractivity contribution in [3.63, 3.8) is 0 Å². The van der Waals surface area contributed by atoms with Crippen LogP contribution in [-0.4, -0.2) is 43.0 Å². The highest BCUT2D eigenvalue weighted by molar-refractivity contribution is 5.76. The molecule has 0 rings (SSSR count). The van der Waals surface area contributed by atoms with Crippen LogP contribution < -0.4 is 5.73 Å². The first-order chi connectivity index (χ1) is 7.09. The highest BCUT2D eigenvalue weighted by Crippen LogP contribution is 1.93. The first-order valence-corrected chi connectivity index (χ1v) is 5.27. The summed E-state index contributed by atoms with van der Waals surface area (Å²) in [6.45, 7) is 4.76. The minimum Gasteiger partial charge on any atom is -0.462 e. The zero-order valence-electron chi connectivity index (χ0n) is 9.44. The van der Waals surface area contributed by atoms with Gasteiger partial charge >= 0.3 is 5.97 Å². The number of aliphatic hydroxyl groups is 1. The maximum absolute atomic E-state index is 11.1. The molecule has 0 heterocycles. The molecule has 0 unspecified atom stereocenters. The topological polar surface area (TPSA) is 81.8 Å². The number of hydrogen-bond donors (Lipinski definition) is 2. The van der Waals surface area contributed by atoms with E-state index in [1.165, 1.54) is 6.92 Å². The van der Waals surface area contributed by atoms with Gasteiger partial charge in [0, 0.05) is 6.61 Å². The van der Waals surface area contributed by atoms with Crippen molar-refractivity contribution in [3.05, 3.63) is 0 Å². The molecule has 2 atom stereocenters. The zero-order valence-corrected chi connectivity index (χ0v) is 9.44. The fourth-order valence-corrected chi connectivity index (χ4v) is 0.843. The molecule has 0 aliphatic carbocycles. The molecule has 0 radical (unpaired) electrons. The second-order valence-electron chi connectivity index (χ2n) is 3.40. The highest BCUT2D eigenvalue weighted by Gasteiger charge is 2.19. The molecule has 0 fully saturated rings. The summed E-state index contributed by atoms with van der Waals surface area (Å²) >= 11 is 0. The van der Waals surface area contributed by atoms with E-state index in [9.17, 15) is 4.79 Å². The van der Waals surface area contributed by atoms with E-state index >= 15 is 0 Å². The number of rotatable bonds is 8. The number of hydrogen-bond acceptors (Lipinski definition) is 5. The van der Waals surface area contributed by atoms with Crippen LogP contribution in [-0.2, 0) is 14.3 Å². The van der Waals surface area contributed by atoms with Crippen LogP contribution >= 0.6 is 0 Å². The molecule has 0 saturated heterocycles. The van der Waals surface area contributed by atoms with Crippen molar-refractivity contribution in [2.24, 2.45) is 5.73 Å². The number of carbonyl (C=O) groups excluding carboxylic acids is 1. The zero-order chi connectivity index (χ0) is 11.7. The Hall–Kier alpha value is -0.650. The van der Waals surface area contributed by atoms with Crippen LogP contribution in [0.1, 0.15) is 26.7 Å². The number of carbonyl (C=O) groups is 1. The standard InChI is InChI=1S/C10H21NO4/c1-3-4-5-14-6-7-15-10(13)9(11)8(2)12/h8-9,12H,3-7,11H2,1-2H3/t8-,9+/m1/s1. The Morgan fingerprint density at radius 2 is 2.07 bits per heavy atom. The Kier molecular flexibility index (Phi) is 8.27. The quantitative estimate of drug-likeness (QED) is 0.445. The third-order valence-corrected chi connectivity index (χ3v) is 1.91. The lowest BCUT2D eigenvalue weighted by Crippen LogP contribution is -2.41. The molecule has 0 bridgehead atoms. The highest BCUT2D eigenvalue weighted by atomic mass is 16.6. The summed E-state index contributed by atoms with van der Waals surface area (Å²) in [5.74, 6) is -0.593. The Balaban J connectivity index is 3.39. The van der Waals surface area contributed by atoms with Gasteiger partial charge in [-0.3, -0.25) is 4.79 Å². The summed E-state index contributed by atoms with van der Waals surface area (Å²) < 4.78 is 9.98. The van der Waals surface area contributed by atoms with Gasteiger partial charge in [0.2, 0.25) is 0 Å². The van der Waals surface area contributed by atoms with Gasteiger partial charge in [0.25, 0.3) is 0 Å². The average Bonchev–Trinajstić information content (AvgIpc) is 2.21. The molecule has 0 aliphatic rings. The SMILES string of the molecule is CCCCOCCOC(=O)[C@@H](N)[C@@H](C)O. The van der Waals surface area contributed by atoms with Crippen molar-refractivity contribution >= 4 is 5.97 Å². The van der Waals surface area contributed by atoms with E-state index in [1.807, 2.05) is 0 Å². The van der Waals surface area contributed by atoms with Gasteiger partial charge in [-0.1, -0.05) is 13.3 Å². The summed E-state index contributed by atoms with van der Waals surface area (Å²) in [6, 6.07) is -0.972. The molecule has 3 N–H and O–H groups in total. The van der Waals surface area contributed by atoms with E-state index in [-0.39, 0.29) is 6.61 Å². The first-order valence-electron chi connectivity index (χ1n) is 5.27. The molecule has 15 heavy (non-hydrogen) atoms. The number of ether oxygens (including phenoxy) is 2. The predicted molar refractivity (Wildman–Crippen MR) is 56.3 cm³/mol. The summed E-state index contributed by atoms with van der Waals surface area (Å²) in [6.07, 6.45) is 1.19. The van der Waals surface area contributed by atoms with Crippen LogP contribution in [0.25, 0.3) is 0 Å². The van der Waals surface area contributed by atoms with Crippen LogP contribution in [0.2, 0.25) is 0 Å². The normalized spacial score (nSPS) is 14.7. The van der Waals surface area contributed by atoms with Crippen LogP contribution in [0.4, 0.5) is 0 Å². The molecular formula is C10H21NO4. The third-order valence-electron chi connectivity index (χ3n) is 1.91. The lowest BCUT2D eigenvalue weighted by atomic mass is 10.2. The van der Waals surface area contributed by atoms with Crippen molar-refractivity contribution in [3.8, 4) is 0 Å². The molecule has 0 saturated carbocycles. The molecule has 5 nitrogen and oxygen atoms in total. The van der Waals surface area contributed by atoms with Crippen molar-refractivity contribution in [2.45, 2.75) is 38.8 Å². The van der Waals surface area contributed by atoms with Gasteiger partial charge in [-0.2, -0.15) is 0 Å². The molecule has 0 spiro atoms.